The highest BCUT2D eigenvalue weighted by molar-refractivity contribution is 6.30. The predicted octanol–water partition coefficient (Wildman–Crippen LogP) is 5.04. The Morgan fingerprint density at radius 1 is 0.970 bits per heavy atom. The van der Waals surface area contributed by atoms with Crippen LogP contribution in [0.25, 0.3) is 0 Å². The lowest BCUT2D eigenvalue weighted by Gasteiger charge is -2.59. The van der Waals surface area contributed by atoms with Crippen molar-refractivity contribution in [2.24, 2.45) is 10.8 Å². The number of hydrogen-bond acceptors (Lipinski definition) is 3. The number of aromatic nitrogens is 3. The van der Waals surface area contributed by atoms with Crippen molar-refractivity contribution in [3.63, 3.8) is 0 Å². The van der Waals surface area contributed by atoms with E-state index in [4.69, 9.17) is 11.6 Å². The number of nitrogens with one attached hydrogen (secondary N) is 1. The standard InChI is InChI=1S/C25H29ClFN5O/c26-18-3-4-19(20(27)7-18)16-8-24(9-16)5-6-31(12-24)23(33)32-13-25(14-32)10-17(11-25)22-28-21(29-30-22)15-1-2-15/h3-4,7,15-17H,1-2,5-6,8-14H2,(H,28,29,30). The van der Waals surface area contributed by atoms with Crippen LogP contribution >= 0.6 is 11.6 Å². The Balaban J connectivity index is 0.906. The van der Waals surface area contributed by atoms with Crippen molar-refractivity contribution in [2.45, 2.75) is 62.7 Å². The summed E-state index contributed by atoms with van der Waals surface area (Å²) in [5.74, 6) is 3.23. The minimum atomic E-state index is -0.202. The van der Waals surface area contributed by atoms with Crippen LogP contribution in [-0.2, 0) is 0 Å². The summed E-state index contributed by atoms with van der Waals surface area (Å²) in [7, 11) is 0. The number of amides is 2. The summed E-state index contributed by atoms with van der Waals surface area (Å²) in [5, 5.41) is 9.15. The van der Waals surface area contributed by atoms with E-state index in [1.165, 1.54) is 18.9 Å². The van der Waals surface area contributed by atoms with Gasteiger partial charge in [-0.15, -0.1) is 10.2 Å². The number of halogens is 2. The molecule has 8 heteroatoms. The summed E-state index contributed by atoms with van der Waals surface area (Å²) in [6.45, 7) is 3.37. The monoisotopic (exact) mass is 469 g/mol. The van der Waals surface area contributed by atoms with Crippen molar-refractivity contribution in [3.8, 4) is 0 Å². The minimum absolute atomic E-state index is 0.169. The molecule has 3 aliphatic carbocycles. The number of rotatable bonds is 3. The molecule has 7 rings (SSSR count). The second-order valence-corrected chi connectivity index (χ2v) is 12.0. The molecule has 3 heterocycles. The van der Waals surface area contributed by atoms with Gasteiger partial charge in [-0.2, -0.15) is 0 Å². The number of nitrogens with zero attached hydrogens (tertiary/aromatic N) is 4. The van der Waals surface area contributed by atoms with Gasteiger partial charge < -0.3 is 14.8 Å². The van der Waals surface area contributed by atoms with Crippen molar-refractivity contribution in [1.82, 2.24) is 25.0 Å². The largest absolute Gasteiger partial charge is 0.328 e. The molecule has 174 valence electrons. The molecule has 1 aromatic carbocycles. The first-order valence-corrected chi connectivity index (χ1v) is 12.7. The van der Waals surface area contributed by atoms with Crippen LogP contribution in [0.2, 0.25) is 5.02 Å². The fraction of sp³-hybridized carbons (Fsp3) is 0.640. The first kappa shape index (κ1) is 20.2. The lowest BCUT2D eigenvalue weighted by Crippen LogP contribution is -2.65. The van der Waals surface area contributed by atoms with E-state index in [0.29, 0.717) is 16.9 Å². The molecule has 0 atom stereocenters. The third-order valence-electron chi connectivity index (χ3n) is 9.02. The fourth-order valence-corrected chi connectivity index (χ4v) is 7.18. The number of likely N-dealkylation sites (tertiary alicyclic amines) is 2. The number of hydrogen-bond donors (Lipinski definition) is 1. The Morgan fingerprint density at radius 3 is 2.33 bits per heavy atom. The van der Waals surface area contributed by atoms with E-state index in [0.717, 1.165) is 75.5 Å². The lowest BCUT2D eigenvalue weighted by atomic mass is 9.57. The Kier molecular flexibility index (Phi) is 4.25. The van der Waals surface area contributed by atoms with Crippen LogP contribution in [0, 0.1) is 16.6 Å². The summed E-state index contributed by atoms with van der Waals surface area (Å²) in [4.78, 5) is 20.6. The Bertz CT molecular complexity index is 1110. The first-order chi connectivity index (χ1) is 15.9. The van der Waals surface area contributed by atoms with Crippen LogP contribution in [0.3, 0.4) is 0 Å². The van der Waals surface area contributed by atoms with Crippen LogP contribution in [0.4, 0.5) is 9.18 Å². The average Bonchev–Trinajstić information content (AvgIpc) is 3.26. The second kappa shape index (κ2) is 6.94. The molecule has 3 saturated carbocycles. The van der Waals surface area contributed by atoms with Gasteiger partial charge in [-0.05, 0) is 74.0 Å². The third-order valence-corrected chi connectivity index (χ3v) is 9.26. The van der Waals surface area contributed by atoms with Gasteiger partial charge in [-0.1, -0.05) is 17.7 Å². The zero-order valence-electron chi connectivity index (χ0n) is 18.7. The molecule has 6 nitrogen and oxygen atoms in total. The van der Waals surface area contributed by atoms with E-state index < -0.39 is 0 Å². The highest BCUT2D eigenvalue weighted by Crippen LogP contribution is 2.58. The second-order valence-electron chi connectivity index (χ2n) is 11.6. The maximum absolute atomic E-state index is 14.3. The number of carbonyl (C=O) groups is 1. The van der Waals surface area contributed by atoms with E-state index in [9.17, 15) is 9.18 Å². The molecule has 1 N–H and O–H groups in total. The Hall–Kier alpha value is -2.15. The van der Waals surface area contributed by atoms with Gasteiger partial charge in [-0.3, -0.25) is 0 Å². The van der Waals surface area contributed by atoms with Gasteiger partial charge in [0.2, 0.25) is 0 Å². The van der Waals surface area contributed by atoms with Gasteiger partial charge in [0.05, 0.1) is 0 Å². The topological polar surface area (TPSA) is 65.1 Å². The number of H-pyrrole nitrogens is 1. The molecule has 2 aromatic rings. The summed E-state index contributed by atoms with van der Waals surface area (Å²) in [6.07, 6.45) is 7.62. The average molecular weight is 470 g/mol. The summed E-state index contributed by atoms with van der Waals surface area (Å²) >= 11 is 5.90. The van der Waals surface area contributed by atoms with E-state index in [2.05, 4.69) is 15.2 Å². The van der Waals surface area contributed by atoms with Gasteiger partial charge >= 0.3 is 6.03 Å². The molecule has 33 heavy (non-hydrogen) atoms. The molecule has 0 radical (unpaired) electrons. The molecule has 2 saturated heterocycles. The van der Waals surface area contributed by atoms with E-state index in [-0.39, 0.29) is 28.6 Å². The molecule has 1 aromatic heterocycles. The molecule has 5 aliphatic rings. The summed E-state index contributed by atoms with van der Waals surface area (Å²) in [6, 6.07) is 5.20. The van der Waals surface area contributed by atoms with Crippen molar-refractivity contribution < 1.29 is 9.18 Å². The Labute approximate surface area is 197 Å². The number of carbonyl (C=O) groups excluding carboxylic acids is 1. The molecule has 2 amide bonds. The maximum Gasteiger partial charge on any atom is 0.320 e. The van der Waals surface area contributed by atoms with Gasteiger partial charge in [-0.25, -0.2) is 9.18 Å². The van der Waals surface area contributed by atoms with Gasteiger partial charge in [0, 0.05) is 48.5 Å². The fourth-order valence-electron chi connectivity index (χ4n) is 7.02. The molecule has 0 unspecified atom stereocenters. The van der Waals surface area contributed by atoms with Gasteiger partial charge in [0.15, 0.2) is 0 Å². The molecule has 2 aliphatic heterocycles. The first-order valence-electron chi connectivity index (χ1n) is 12.3. The van der Waals surface area contributed by atoms with Crippen LogP contribution in [-0.4, -0.2) is 57.2 Å². The number of aromatic amines is 1. The van der Waals surface area contributed by atoms with Crippen LogP contribution in [0.1, 0.15) is 79.9 Å². The van der Waals surface area contributed by atoms with Crippen molar-refractivity contribution in [2.75, 3.05) is 26.2 Å². The van der Waals surface area contributed by atoms with Gasteiger partial charge in [0.1, 0.15) is 17.5 Å². The highest BCUT2D eigenvalue weighted by atomic mass is 35.5. The maximum atomic E-state index is 14.3. The smallest absolute Gasteiger partial charge is 0.320 e. The minimum Gasteiger partial charge on any atom is -0.328 e. The predicted molar refractivity (Wildman–Crippen MR) is 122 cm³/mol. The SMILES string of the molecule is O=C(N1CCC2(CC(c3ccc(Cl)cc3F)C2)C1)N1CC2(CC(c3nnc(C4CC4)[nH]3)C2)C1. The van der Waals surface area contributed by atoms with Crippen molar-refractivity contribution in [3.05, 3.63) is 46.3 Å². The molecular formula is C25H29ClFN5O. The highest BCUT2D eigenvalue weighted by Gasteiger charge is 2.57. The van der Waals surface area contributed by atoms with E-state index >= 15 is 0 Å². The van der Waals surface area contributed by atoms with Crippen LogP contribution < -0.4 is 0 Å². The summed E-state index contributed by atoms with van der Waals surface area (Å²) < 4.78 is 14.3. The summed E-state index contributed by atoms with van der Waals surface area (Å²) in [5.41, 5.74) is 1.23. The molecular weight excluding hydrogens is 441 g/mol. The van der Waals surface area contributed by atoms with E-state index in [1.807, 2.05) is 15.9 Å². The van der Waals surface area contributed by atoms with Gasteiger partial charge in [0.25, 0.3) is 0 Å². The van der Waals surface area contributed by atoms with Crippen LogP contribution in [0.15, 0.2) is 18.2 Å². The quantitative estimate of drug-likeness (QED) is 0.684. The molecule has 5 fully saturated rings. The number of urea groups is 1. The van der Waals surface area contributed by atoms with Crippen molar-refractivity contribution >= 4 is 17.6 Å². The number of benzene rings is 1. The zero-order chi connectivity index (χ0) is 22.4. The van der Waals surface area contributed by atoms with E-state index in [1.54, 1.807) is 6.07 Å². The van der Waals surface area contributed by atoms with Crippen molar-refractivity contribution in [1.29, 1.82) is 0 Å². The van der Waals surface area contributed by atoms with Crippen LogP contribution in [0.5, 0.6) is 0 Å². The Morgan fingerprint density at radius 2 is 1.64 bits per heavy atom. The molecule has 0 bridgehead atoms. The lowest BCUT2D eigenvalue weighted by molar-refractivity contribution is -0.0560. The normalized spacial score (nSPS) is 25.9. The third kappa shape index (κ3) is 3.29. The molecule has 2 spiro atoms. The zero-order valence-corrected chi connectivity index (χ0v) is 19.5.